The van der Waals surface area contributed by atoms with E-state index in [0.717, 1.165) is 15.6 Å². The highest BCUT2D eigenvalue weighted by molar-refractivity contribution is 9.15. The number of ether oxygens (including phenoxy) is 3. The Kier molecular flexibility index (Phi) is 7.08. The molecule has 0 spiro atoms. The number of halogens is 1. The molecule has 0 aliphatic heterocycles. The molecule has 1 amide bonds. The van der Waals surface area contributed by atoms with Gasteiger partial charge in [0.2, 0.25) is 0 Å². The summed E-state index contributed by atoms with van der Waals surface area (Å²) in [6.07, 6.45) is 0.205. The summed E-state index contributed by atoms with van der Waals surface area (Å²) < 4.78 is 16.1. The van der Waals surface area contributed by atoms with Gasteiger partial charge in [0, 0.05) is 11.0 Å². The highest BCUT2D eigenvalue weighted by Crippen LogP contribution is 2.35. The van der Waals surface area contributed by atoms with Crippen molar-refractivity contribution in [3.8, 4) is 11.5 Å². The molecule has 0 radical (unpaired) electrons. The van der Waals surface area contributed by atoms with Gasteiger partial charge >= 0.3 is 6.09 Å². The van der Waals surface area contributed by atoms with Crippen LogP contribution in [0.1, 0.15) is 18.1 Å². The number of benzene rings is 1. The van der Waals surface area contributed by atoms with Crippen LogP contribution in [0.4, 0.5) is 4.79 Å². The van der Waals surface area contributed by atoms with Crippen LogP contribution < -0.4 is 14.8 Å². The zero-order valence-corrected chi connectivity index (χ0v) is 14.1. The lowest BCUT2D eigenvalue weighted by atomic mass is 10.0. The van der Waals surface area contributed by atoms with Gasteiger partial charge in [-0.15, -0.1) is 0 Å². The molecule has 0 saturated heterocycles. The minimum absolute atomic E-state index is 0.353. The summed E-state index contributed by atoms with van der Waals surface area (Å²) in [5.74, 6) is 1.27. The maximum Gasteiger partial charge on any atom is 0.407 e. The third kappa shape index (κ3) is 4.97. The van der Waals surface area contributed by atoms with Gasteiger partial charge in [-0.05, 0) is 36.6 Å². The Balaban J connectivity index is 2.89. The minimum Gasteiger partial charge on any atom is -0.493 e. The molecule has 0 aliphatic carbocycles. The number of nitrogens with one attached hydrogen (secondary N) is 1. The smallest absolute Gasteiger partial charge is 0.407 e. The first kappa shape index (κ1) is 17.4. The van der Waals surface area contributed by atoms with Crippen LogP contribution in [0.15, 0.2) is 18.7 Å². The van der Waals surface area contributed by atoms with Gasteiger partial charge in [-0.1, -0.05) is 22.5 Å². The molecule has 0 aromatic heterocycles. The second-order valence-electron chi connectivity index (χ2n) is 4.17. The monoisotopic (exact) mass is 357 g/mol. The van der Waals surface area contributed by atoms with Gasteiger partial charge < -0.3 is 19.5 Å². The summed E-state index contributed by atoms with van der Waals surface area (Å²) in [5, 5.41) is 2.69. The molecule has 0 fully saturated rings. The number of carbonyl (C=O) groups excluding carboxylic acids is 1. The fraction of sp³-hybridized carbons (Fsp3) is 0.400. The first-order chi connectivity index (χ1) is 10.0. The Morgan fingerprint density at radius 2 is 1.90 bits per heavy atom. The van der Waals surface area contributed by atoms with Crippen molar-refractivity contribution in [2.75, 3.05) is 27.4 Å². The SMILES string of the molecule is C=C(Br)c1cc(OC)c(OC)cc1CCNC(=O)OCC. The molecular weight excluding hydrogens is 338 g/mol. The molecule has 0 bridgehead atoms. The molecule has 1 aromatic carbocycles. The molecule has 0 unspecified atom stereocenters. The van der Waals surface area contributed by atoms with Gasteiger partial charge in [0.1, 0.15) is 0 Å². The van der Waals surface area contributed by atoms with E-state index in [1.165, 1.54) is 0 Å². The van der Waals surface area contributed by atoms with Crippen LogP contribution in [0.3, 0.4) is 0 Å². The van der Waals surface area contributed by atoms with Gasteiger partial charge in [0.15, 0.2) is 11.5 Å². The molecule has 1 N–H and O–H groups in total. The Hall–Kier alpha value is -1.69. The largest absolute Gasteiger partial charge is 0.493 e. The Morgan fingerprint density at radius 1 is 1.29 bits per heavy atom. The van der Waals surface area contributed by atoms with E-state index in [-0.39, 0.29) is 0 Å². The van der Waals surface area contributed by atoms with Crippen LogP contribution >= 0.6 is 15.9 Å². The maximum absolute atomic E-state index is 11.3. The number of amides is 1. The van der Waals surface area contributed by atoms with E-state index < -0.39 is 6.09 Å². The molecule has 0 aliphatic rings. The highest BCUT2D eigenvalue weighted by atomic mass is 79.9. The summed E-state index contributed by atoms with van der Waals surface area (Å²) in [6.45, 7) is 6.48. The molecule has 5 nitrogen and oxygen atoms in total. The van der Waals surface area contributed by atoms with Crippen molar-refractivity contribution in [3.05, 3.63) is 29.8 Å². The number of alkyl carbamates (subject to hydrolysis) is 1. The average Bonchev–Trinajstić information content (AvgIpc) is 2.46. The standard InChI is InChI=1S/C15H20BrNO4/c1-5-21-15(18)17-7-6-11-8-13(19-3)14(20-4)9-12(11)10(2)16/h8-9H,2,5-7H2,1,3-4H3,(H,17,18). The van der Waals surface area contributed by atoms with Crippen molar-refractivity contribution >= 4 is 26.5 Å². The van der Waals surface area contributed by atoms with Gasteiger partial charge in [-0.25, -0.2) is 4.79 Å². The van der Waals surface area contributed by atoms with E-state index in [1.54, 1.807) is 21.1 Å². The van der Waals surface area contributed by atoms with Crippen molar-refractivity contribution in [2.45, 2.75) is 13.3 Å². The lowest BCUT2D eigenvalue weighted by molar-refractivity contribution is 0.152. The quantitative estimate of drug-likeness (QED) is 0.812. The molecule has 0 saturated carbocycles. The molecule has 0 heterocycles. The molecule has 116 valence electrons. The number of hydrogen-bond donors (Lipinski definition) is 1. The molecule has 1 aromatic rings. The maximum atomic E-state index is 11.3. The number of hydrogen-bond acceptors (Lipinski definition) is 4. The summed E-state index contributed by atoms with van der Waals surface area (Å²) >= 11 is 3.39. The van der Waals surface area contributed by atoms with Crippen LogP contribution in [-0.4, -0.2) is 33.5 Å². The lowest BCUT2D eigenvalue weighted by Gasteiger charge is -2.14. The normalized spacial score (nSPS) is 9.90. The zero-order chi connectivity index (χ0) is 15.8. The molecule has 0 atom stereocenters. The Labute approximate surface area is 133 Å². The summed E-state index contributed by atoms with van der Waals surface area (Å²) in [6, 6.07) is 3.74. The number of carbonyl (C=O) groups is 1. The predicted octanol–water partition coefficient (Wildman–Crippen LogP) is 3.36. The van der Waals surface area contributed by atoms with E-state index in [1.807, 2.05) is 12.1 Å². The van der Waals surface area contributed by atoms with Crippen molar-refractivity contribution in [1.29, 1.82) is 0 Å². The van der Waals surface area contributed by atoms with Crippen LogP contribution in [0.5, 0.6) is 11.5 Å². The topological polar surface area (TPSA) is 56.8 Å². The fourth-order valence-corrected chi connectivity index (χ4v) is 2.23. The van der Waals surface area contributed by atoms with E-state index in [9.17, 15) is 4.79 Å². The minimum atomic E-state index is -0.419. The van der Waals surface area contributed by atoms with Crippen LogP contribution in [0.25, 0.3) is 4.48 Å². The molecule has 1 rings (SSSR count). The van der Waals surface area contributed by atoms with E-state index in [2.05, 4.69) is 27.8 Å². The summed E-state index contributed by atoms with van der Waals surface area (Å²) in [4.78, 5) is 11.3. The van der Waals surface area contributed by atoms with E-state index >= 15 is 0 Å². The third-order valence-electron chi connectivity index (χ3n) is 2.84. The van der Waals surface area contributed by atoms with Gasteiger partial charge in [0.05, 0.1) is 20.8 Å². The van der Waals surface area contributed by atoms with Gasteiger partial charge in [-0.2, -0.15) is 0 Å². The number of methoxy groups -OCH3 is 2. The van der Waals surface area contributed by atoms with Crippen molar-refractivity contribution in [2.24, 2.45) is 0 Å². The van der Waals surface area contributed by atoms with Crippen LogP contribution in [0, 0.1) is 0 Å². The van der Waals surface area contributed by atoms with Gasteiger partial charge in [-0.3, -0.25) is 0 Å². The highest BCUT2D eigenvalue weighted by Gasteiger charge is 2.12. The average molecular weight is 358 g/mol. The first-order valence-corrected chi connectivity index (χ1v) is 7.33. The summed E-state index contributed by atoms with van der Waals surface area (Å²) in [5.41, 5.74) is 1.91. The lowest BCUT2D eigenvalue weighted by Crippen LogP contribution is -2.26. The predicted molar refractivity (Wildman–Crippen MR) is 86.2 cm³/mol. The van der Waals surface area contributed by atoms with Crippen molar-refractivity contribution in [1.82, 2.24) is 5.32 Å². The van der Waals surface area contributed by atoms with Crippen molar-refractivity contribution in [3.63, 3.8) is 0 Å². The molecule has 6 heteroatoms. The van der Waals surface area contributed by atoms with Crippen LogP contribution in [-0.2, 0) is 11.2 Å². The Morgan fingerprint density at radius 3 is 2.43 bits per heavy atom. The summed E-state index contributed by atoms with van der Waals surface area (Å²) in [7, 11) is 3.17. The molecule has 21 heavy (non-hydrogen) atoms. The first-order valence-electron chi connectivity index (χ1n) is 6.53. The second-order valence-corrected chi connectivity index (χ2v) is 5.12. The Bertz CT molecular complexity index is 517. The van der Waals surface area contributed by atoms with E-state index in [4.69, 9.17) is 14.2 Å². The number of rotatable bonds is 7. The fourth-order valence-electron chi connectivity index (χ4n) is 1.86. The zero-order valence-electron chi connectivity index (χ0n) is 12.5. The van der Waals surface area contributed by atoms with Crippen molar-refractivity contribution < 1.29 is 19.0 Å². The second kappa shape index (κ2) is 8.56. The van der Waals surface area contributed by atoms with Crippen LogP contribution in [0.2, 0.25) is 0 Å². The van der Waals surface area contributed by atoms with Gasteiger partial charge in [0.25, 0.3) is 0 Å². The van der Waals surface area contributed by atoms with E-state index in [0.29, 0.717) is 31.1 Å². The molecular formula is C15H20BrNO4. The third-order valence-corrected chi connectivity index (χ3v) is 3.27.